The van der Waals surface area contributed by atoms with Gasteiger partial charge in [-0.1, -0.05) is 0 Å². The quantitative estimate of drug-likeness (QED) is 0.761. The minimum atomic E-state index is -0.107. The van der Waals surface area contributed by atoms with Crippen molar-refractivity contribution in [1.29, 1.82) is 0 Å². The number of hydrogen-bond donors (Lipinski definition) is 2. The molecule has 15 heavy (non-hydrogen) atoms. The van der Waals surface area contributed by atoms with Crippen LogP contribution in [0.15, 0.2) is 24.7 Å². The first-order valence-corrected chi connectivity index (χ1v) is 4.50. The molecule has 2 aromatic heterocycles. The summed E-state index contributed by atoms with van der Waals surface area (Å²) in [6, 6.07) is 1.64. The van der Waals surface area contributed by atoms with Crippen molar-refractivity contribution in [3.05, 3.63) is 36.2 Å². The number of rotatable bonds is 3. The van der Waals surface area contributed by atoms with Gasteiger partial charge in [0.25, 0.3) is 5.91 Å². The van der Waals surface area contributed by atoms with Crippen LogP contribution in [0, 0.1) is 0 Å². The van der Waals surface area contributed by atoms with E-state index in [0.29, 0.717) is 12.2 Å². The molecule has 6 nitrogen and oxygen atoms in total. The van der Waals surface area contributed by atoms with Gasteiger partial charge in [-0.05, 0) is 6.07 Å². The summed E-state index contributed by atoms with van der Waals surface area (Å²) in [5.74, 6) is 0.647. The average Bonchev–Trinajstić information content (AvgIpc) is 2.88. The van der Waals surface area contributed by atoms with Crippen LogP contribution in [-0.4, -0.2) is 38.0 Å². The van der Waals surface area contributed by atoms with Crippen molar-refractivity contribution in [1.82, 2.24) is 25.1 Å². The molecule has 0 radical (unpaired) electrons. The molecule has 2 aromatic rings. The normalized spacial score (nSPS) is 10.2. The third kappa shape index (κ3) is 2.04. The summed E-state index contributed by atoms with van der Waals surface area (Å²) < 4.78 is 0. The third-order valence-corrected chi connectivity index (χ3v) is 2.02. The average molecular weight is 205 g/mol. The lowest BCUT2D eigenvalue weighted by atomic mass is 10.3. The molecule has 0 saturated heterocycles. The zero-order valence-electron chi connectivity index (χ0n) is 8.27. The zero-order valence-corrected chi connectivity index (χ0v) is 8.27. The van der Waals surface area contributed by atoms with E-state index in [1.807, 2.05) is 0 Å². The first-order chi connectivity index (χ1) is 7.27. The number of nitrogens with zero attached hydrogens (tertiary/aromatic N) is 3. The number of amides is 1. The molecule has 0 aliphatic heterocycles. The van der Waals surface area contributed by atoms with E-state index < -0.39 is 0 Å². The molecule has 78 valence electrons. The lowest BCUT2D eigenvalue weighted by Gasteiger charge is -2.14. The van der Waals surface area contributed by atoms with Gasteiger partial charge in [-0.15, -0.1) is 0 Å². The molecule has 2 rings (SSSR count). The third-order valence-electron chi connectivity index (χ3n) is 2.02. The van der Waals surface area contributed by atoms with Gasteiger partial charge in [-0.2, -0.15) is 5.10 Å². The molecular formula is C9H11N5O. The summed E-state index contributed by atoms with van der Waals surface area (Å²) in [4.78, 5) is 20.3. The van der Waals surface area contributed by atoms with Gasteiger partial charge in [0.1, 0.15) is 11.5 Å². The summed E-state index contributed by atoms with van der Waals surface area (Å²) in [5, 5.41) is 6.35. The van der Waals surface area contributed by atoms with E-state index in [2.05, 4.69) is 20.2 Å². The number of carbonyl (C=O) groups is 1. The van der Waals surface area contributed by atoms with Crippen LogP contribution in [0.4, 0.5) is 0 Å². The summed E-state index contributed by atoms with van der Waals surface area (Å²) in [7, 11) is 1.71. The van der Waals surface area contributed by atoms with Gasteiger partial charge in [-0.3, -0.25) is 9.89 Å². The summed E-state index contributed by atoms with van der Waals surface area (Å²) in [6.07, 6.45) is 4.93. The number of imidazole rings is 1. The van der Waals surface area contributed by atoms with E-state index in [0.717, 1.165) is 5.82 Å². The van der Waals surface area contributed by atoms with Gasteiger partial charge in [0.05, 0.1) is 6.54 Å². The van der Waals surface area contributed by atoms with Crippen molar-refractivity contribution in [3.63, 3.8) is 0 Å². The summed E-state index contributed by atoms with van der Waals surface area (Å²) in [6.45, 7) is 0.449. The zero-order chi connectivity index (χ0) is 10.7. The van der Waals surface area contributed by atoms with Gasteiger partial charge in [0.2, 0.25) is 0 Å². The maximum absolute atomic E-state index is 11.7. The molecular weight excluding hydrogens is 194 g/mol. The molecule has 0 saturated carbocycles. The number of aromatic nitrogens is 4. The molecule has 2 N–H and O–H groups in total. The molecule has 0 aromatic carbocycles. The number of H-pyrrole nitrogens is 2. The highest BCUT2D eigenvalue weighted by Crippen LogP contribution is 2.02. The predicted molar refractivity (Wildman–Crippen MR) is 53.0 cm³/mol. The first kappa shape index (κ1) is 9.45. The smallest absolute Gasteiger partial charge is 0.272 e. The number of nitrogens with one attached hydrogen (secondary N) is 2. The minimum absolute atomic E-state index is 0.107. The second-order valence-corrected chi connectivity index (χ2v) is 3.17. The molecule has 0 spiro atoms. The molecule has 0 bridgehead atoms. The molecule has 1 amide bonds. The molecule has 0 fully saturated rings. The molecule has 6 heteroatoms. The lowest BCUT2D eigenvalue weighted by molar-refractivity contribution is 0.0776. The number of carbonyl (C=O) groups excluding carboxylic acids is 1. The van der Waals surface area contributed by atoms with E-state index in [4.69, 9.17) is 0 Å². The Bertz CT molecular complexity index is 419. The van der Waals surface area contributed by atoms with Crippen LogP contribution in [0.1, 0.15) is 16.3 Å². The number of aromatic amines is 2. The van der Waals surface area contributed by atoms with E-state index in [9.17, 15) is 4.79 Å². The van der Waals surface area contributed by atoms with Gasteiger partial charge in [0, 0.05) is 25.6 Å². The van der Waals surface area contributed by atoms with Crippen molar-refractivity contribution in [3.8, 4) is 0 Å². The van der Waals surface area contributed by atoms with Crippen molar-refractivity contribution in [2.45, 2.75) is 6.54 Å². The van der Waals surface area contributed by atoms with Gasteiger partial charge in [-0.25, -0.2) is 4.98 Å². The number of hydrogen-bond acceptors (Lipinski definition) is 3. The fraction of sp³-hybridized carbons (Fsp3) is 0.222. The predicted octanol–water partition coefficient (Wildman–Crippen LogP) is 0.405. The highest BCUT2D eigenvalue weighted by molar-refractivity contribution is 5.91. The van der Waals surface area contributed by atoms with Gasteiger partial charge >= 0.3 is 0 Å². The highest BCUT2D eigenvalue weighted by Gasteiger charge is 2.13. The van der Waals surface area contributed by atoms with E-state index >= 15 is 0 Å². The second kappa shape index (κ2) is 3.95. The second-order valence-electron chi connectivity index (χ2n) is 3.17. The van der Waals surface area contributed by atoms with E-state index in [1.54, 1.807) is 36.6 Å². The Labute approximate surface area is 86.3 Å². The largest absolute Gasteiger partial charge is 0.347 e. The maximum atomic E-state index is 11.7. The Morgan fingerprint density at radius 2 is 2.40 bits per heavy atom. The Morgan fingerprint density at radius 3 is 3.00 bits per heavy atom. The molecule has 0 atom stereocenters. The molecule has 0 aliphatic rings. The van der Waals surface area contributed by atoms with Crippen LogP contribution in [0.5, 0.6) is 0 Å². The minimum Gasteiger partial charge on any atom is -0.347 e. The Balaban J connectivity index is 2.03. The molecule has 0 aliphatic carbocycles. The topological polar surface area (TPSA) is 77.7 Å². The fourth-order valence-corrected chi connectivity index (χ4v) is 1.26. The van der Waals surface area contributed by atoms with Crippen LogP contribution in [-0.2, 0) is 6.54 Å². The monoisotopic (exact) mass is 205 g/mol. The SMILES string of the molecule is CN(Cc1ncc[nH]1)C(=O)c1ccn[nH]1. The standard InChI is InChI=1S/C9H11N5O/c1-14(6-8-10-4-5-11-8)9(15)7-2-3-12-13-7/h2-5H,6H2,1H3,(H,10,11)(H,12,13). The van der Waals surface area contributed by atoms with Crippen molar-refractivity contribution >= 4 is 5.91 Å². The Kier molecular flexibility index (Phi) is 2.49. The summed E-state index contributed by atoms with van der Waals surface area (Å²) in [5.41, 5.74) is 0.476. The van der Waals surface area contributed by atoms with Crippen LogP contribution in [0.3, 0.4) is 0 Å². The Morgan fingerprint density at radius 1 is 1.53 bits per heavy atom. The molecule has 2 heterocycles. The van der Waals surface area contributed by atoms with Crippen molar-refractivity contribution in [2.75, 3.05) is 7.05 Å². The van der Waals surface area contributed by atoms with Gasteiger partial charge in [0.15, 0.2) is 0 Å². The van der Waals surface area contributed by atoms with Gasteiger partial charge < -0.3 is 9.88 Å². The first-order valence-electron chi connectivity index (χ1n) is 4.50. The maximum Gasteiger partial charge on any atom is 0.272 e. The van der Waals surface area contributed by atoms with Crippen molar-refractivity contribution in [2.24, 2.45) is 0 Å². The lowest BCUT2D eigenvalue weighted by Crippen LogP contribution is -2.27. The summed E-state index contributed by atoms with van der Waals surface area (Å²) >= 11 is 0. The van der Waals surface area contributed by atoms with E-state index in [-0.39, 0.29) is 5.91 Å². The van der Waals surface area contributed by atoms with Crippen LogP contribution in [0.2, 0.25) is 0 Å². The fourth-order valence-electron chi connectivity index (χ4n) is 1.26. The van der Waals surface area contributed by atoms with E-state index in [1.165, 1.54) is 0 Å². The van der Waals surface area contributed by atoms with Crippen LogP contribution in [0.25, 0.3) is 0 Å². The molecule has 0 unspecified atom stereocenters. The van der Waals surface area contributed by atoms with Crippen molar-refractivity contribution < 1.29 is 4.79 Å². The van der Waals surface area contributed by atoms with Crippen LogP contribution < -0.4 is 0 Å². The Hall–Kier alpha value is -2.11. The highest BCUT2D eigenvalue weighted by atomic mass is 16.2. The van der Waals surface area contributed by atoms with Crippen LogP contribution >= 0.6 is 0 Å².